The summed E-state index contributed by atoms with van der Waals surface area (Å²) in [6.07, 6.45) is 17.3. The zero-order valence-electron chi connectivity index (χ0n) is 30.0. The molecule has 46 heavy (non-hydrogen) atoms. The van der Waals surface area contributed by atoms with Gasteiger partial charge in [-0.25, -0.2) is 0 Å². The molecule has 3 heteroatoms. The average molecular weight is 686 g/mol. The van der Waals surface area contributed by atoms with Gasteiger partial charge >= 0.3 is 286 Å². The van der Waals surface area contributed by atoms with Crippen LogP contribution in [-0.4, -0.2) is 5.71 Å². The van der Waals surface area contributed by atoms with Gasteiger partial charge in [-0.3, -0.25) is 0 Å². The second kappa shape index (κ2) is 21.0. The molecule has 0 heterocycles. The van der Waals surface area contributed by atoms with Crippen LogP contribution in [0.1, 0.15) is 140 Å². The van der Waals surface area contributed by atoms with E-state index in [0.29, 0.717) is 0 Å². The maximum atomic E-state index is 7.28. The van der Waals surface area contributed by atoms with Gasteiger partial charge in [0.05, 0.1) is 0 Å². The van der Waals surface area contributed by atoms with Gasteiger partial charge < -0.3 is 0 Å². The van der Waals surface area contributed by atoms with E-state index in [1.54, 1.807) is 0 Å². The van der Waals surface area contributed by atoms with Crippen molar-refractivity contribution >= 4 is 26.1 Å². The molecule has 255 valence electrons. The van der Waals surface area contributed by atoms with E-state index in [9.17, 15) is 0 Å². The predicted octanol–water partition coefficient (Wildman–Crippen LogP) is 14.4. The van der Waals surface area contributed by atoms with Crippen LogP contribution in [0.25, 0.3) is 15.7 Å². The van der Waals surface area contributed by atoms with Gasteiger partial charge in [0.1, 0.15) is 0 Å². The van der Waals surface area contributed by atoms with Crippen molar-refractivity contribution in [1.82, 2.24) is 0 Å². The first-order valence-corrected chi connectivity index (χ1v) is 20.7. The first kappa shape index (κ1) is 38.3. The average Bonchev–Trinajstić information content (AvgIpc) is 3.06. The molecule has 0 aliphatic rings. The summed E-state index contributed by atoms with van der Waals surface area (Å²) in [5.74, 6) is 0. The molecule has 0 N–H and O–H groups in total. The summed E-state index contributed by atoms with van der Waals surface area (Å²) in [5, 5.41) is 0.931. The molecule has 0 fully saturated rings. The molecule has 0 aliphatic heterocycles. The van der Waals surface area contributed by atoms with Gasteiger partial charge in [-0.05, 0) is 0 Å². The zero-order valence-corrected chi connectivity index (χ0v) is 31.8. The van der Waals surface area contributed by atoms with E-state index in [1.165, 1.54) is 113 Å². The van der Waals surface area contributed by atoms with E-state index in [2.05, 4.69) is 109 Å². The Labute approximate surface area is 291 Å². The first-order chi connectivity index (χ1) is 22.4. The molecule has 3 rings (SSSR count). The molecule has 0 saturated carbocycles. The van der Waals surface area contributed by atoms with Gasteiger partial charge in [-0.15, -0.1) is 0 Å². The van der Waals surface area contributed by atoms with Crippen LogP contribution < -0.4 is 0 Å². The number of allylic oxidation sites excluding steroid dienone is 1. The van der Waals surface area contributed by atoms with Crippen molar-refractivity contribution in [1.29, 1.82) is 0 Å². The third kappa shape index (κ3) is 11.5. The molecular formula is C43H61ClNNi. The standard InChI is InChI=1S/C41H56N.C2H5.ClH.Ni/c1-7-11-13-15-16-19-25-38-29-35(26-32(5)41(38)10-4)28-36(9-3)33(6)42-40-30-34(22-18-14-12-8-2)27-39(31-40)37-23-20-17-21-24-37;1-2;;/h17,20-21,23-24,26-27,29-31H,7-16,18-19,22,25H2,1-6H3;1H2,2H3;1H;/q;;;+1/p-1. The number of hydrogen-bond acceptors (Lipinski definition) is 1. The third-order valence-electron chi connectivity index (χ3n) is 9.06. The fraction of sp³-hybridized carbons (Fsp3) is 0.512. The number of aliphatic imine (C=N–C) groups is 1. The zero-order chi connectivity index (χ0) is 33.3. The van der Waals surface area contributed by atoms with E-state index in [4.69, 9.17) is 15.2 Å². The molecule has 0 saturated heterocycles. The number of hydrogen-bond donors (Lipinski definition) is 0. The molecular weight excluding hydrogens is 625 g/mol. The molecule has 0 spiro atoms. The summed E-state index contributed by atoms with van der Waals surface area (Å²) < 4.78 is 1.31. The van der Waals surface area contributed by atoms with Gasteiger partial charge in [0.15, 0.2) is 0 Å². The van der Waals surface area contributed by atoms with E-state index >= 15 is 0 Å². The van der Waals surface area contributed by atoms with Crippen LogP contribution in [0.4, 0.5) is 5.69 Å². The van der Waals surface area contributed by atoms with Crippen LogP contribution >= 0.6 is 10.2 Å². The van der Waals surface area contributed by atoms with Gasteiger partial charge in [0.2, 0.25) is 0 Å². The molecule has 0 aromatic heterocycles. The van der Waals surface area contributed by atoms with Gasteiger partial charge in [0, 0.05) is 0 Å². The molecule has 3 aromatic rings. The Hall–Kier alpha value is -2.15. The molecule has 0 radical (unpaired) electrons. The van der Waals surface area contributed by atoms with Crippen molar-refractivity contribution in [2.24, 2.45) is 4.99 Å². The number of nitrogens with zero attached hydrogens (tertiary/aromatic N) is 1. The second-order valence-corrected chi connectivity index (χ2v) is 15.8. The molecule has 0 bridgehead atoms. The molecule has 0 aliphatic carbocycles. The van der Waals surface area contributed by atoms with Crippen molar-refractivity contribution in [3.05, 3.63) is 94.1 Å². The van der Waals surface area contributed by atoms with Crippen molar-refractivity contribution in [3.63, 3.8) is 0 Å². The SMILES string of the molecule is CCCCCCCCc1cc([C](=C(CC)C(C)=Nc2cc(CCCCCC)cc(-c3ccccc3)c2)[Ni]([Cl])[CH2]C)cc(C)c1CC. The van der Waals surface area contributed by atoms with Gasteiger partial charge in [-0.2, -0.15) is 0 Å². The predicted molar refractivity (Wildman–Crippen MR) is 204 cm³/mol. The van der Waals surface area contributed by atoms with E-state index in [-0.39, 0.29) is 0 Å². The van der Waals surface area contributed by atoms with Crippen LogP contribution in [0, 0.1) is 6.92 Å². The molecule has 0 amide bonds. The van der Waals surface area contributed by atoms with Crippen LogP contribution in [-0.2, 0) is 31.8 Å². The van der Waals surface area contributed by atoms with E-state index < -0.39 is 12.5 Å². The summed E-state index contributed by atoms with van der Waals surface area (Å²) >= 11 is -0.548. The maximum absolute atomic E-state index is 7.28. The number of halogens is 1. The topological polar surface area (TPSA) is 12.4 Å². The van der Waals surface area contributed by atoms with Crippen LogP contribution in [0.5, 0.6) is 0 Å². The summed E-state index contributed by atoms with van der Waals surface area (Å²) in [5.41, 5.74) is 13.1. The number of unbranched alkanes of at least 4 members (excludes halogenated alkanes) is 8. The Morgan fingerprint density at radius 2 is 1.37 bits per heavy atom. The van der Waals surface area contributed by atoms with Gasteiger partial charge in [0.25, 0.3) is 0 Å². The minimum atomic E-state index is -0.548. The van der Waals surface area contributed by atoms with Crippen molar-refractivity contribution in [3.8, 4) is 11.1 Å². The monoisotopic (exact) mass is 684 g/mol. The fourth-order valence-corrected chi connectivity index (χ4v) is 8.63. The Kier molecular flexibility index (Phi) is 17.4. The summed E-state index contributed by atoms with van der Waals surface area (Å²) in [7, 11) is 7.28. The Morgan fingerprint density at radius 1 is 0.717 bits per heavy atom. The summed E-state index contributed by atoms with van der Waals surface area (Å²) in [6.45, 7) is 15.9. The van der Waals surface area contributed by atoms with E-state index in [0.717, 1.165) is 42.5 Å². The van der Waals surface area contributed by atoms with Crippen LogP contribution in [0.3, 0.4) is 0 Å². The number of aryl methyl sites for hydroxylation is 3. The van der Waals surface area contributed by atoms with Crippen LogP contribution in [0.2, 0.25) is 5.39 Å². The molecule has 3 aromatic carbocycles. The van der Waals surface area contributed by atoms with Crippen molar-refractivity contribution in [2.45, 2.75) is 144 Å². The molecule has 1 nitrogen and oxygen atoms in total. The van der Waals surface area contributed by atoms with Crippen molar-refractivity contribution in [2.75, 3.05) is 0 Å². The normalized spacial score (nSPS) is 12.8. The molecule has 0 unspecified atom stereocenters. The quantitative estimate of drug-likeness (QED) is 0.0638. The summed E-state index contributed by atoms with van der Waals surface area (Å²) in [4.78, 5) is 5.36. The second-order valence-electron chi connectivity index (χ2n) is 12.7. The summed E-state index contributed by atoms with van der Waals surface area (Å²) in [6, 6.07) is 22.6. The third-order valence-corrected chi connectivity index (χ3v) is 12.0. The number of rotatable bonds is 20. The van der Waals surface area contributed by atoms with E-state index in [1.807, 2.05) is 0 Å². The Balaban J connectivity index is 2.07. The Morgan fingerprint density at radius 3 is 2.02 bits per heavy atom. The first-order valence-electron chi connectivity index (χ1n) is 18.2. The van der Waals surface area contributed by atoms with Gasteiger partial charge in [-0.1, -0.05) is 6.92 Å². The molecule has 0 atom stereocenters. The fourth-order valence-electron chi connectivity index (χ4n) is 6.57. The van der Waals surface area contributed by atoms with Crippen LogP contribution in [0.15, 0.2) is 71.2 Å². The Bertz CT molecular complexity index is 1400. The number of benzene rings is 3. The van der Waals surface area contributed by atoms with Crippen molar-refractivity contribution < 1.29 is 12.5 Å². The minimum absolute atomic E-state index is 0.548.